The lowest BCUT2D eigenvalue weighted by Crippen LogP contribution is -2.30. The zero-order chi connectivity index (χ0) is 13.3. The molecule has 0 aromatic carbocycles. The van der Waals surface area contributed by atoms with Crippen LogP contribution in [-0.4, -0.2) is 24.3 Å². The van der Waals surface area contributed by atoms with Crippen molar-refractivity contribution in [2.24, 2.45) is 0 Å². The van der Waals surface area contributed by atoms with Gasteiger partial charge in [0.1, 0.15) is 4.21 Å². The molecule has 0 bridgehead atoms. The molecule has 2 aromatic rings. The number of sulfonamides is 1. The third-order valence-electron chi connectivity index (χ3n) is 3.35. The van der Waals surface area contributed by atoms with Crippen molar-refractivity contribution in [1.82, 2.24) is 9.29 Å². The van der Waals surface area contributed by atoms with E-state index in [0.29, 0.717) is 10.8 Å². The van der Waals surface area contributed by atoms with Crippen LogP contribution in [0.1, 0.15) is 24.4 Å². The molecule has 0 aliphatic carbocycles. The summed E-state index contributed by atoms with van der Waals surface area (Å²) in [4.78, 5) is 3.99. The van der Waals surface area contributed by atoms with Crippen LogP contribution in [0.4, 0.5) is 0 Å². The largest absolute Gasteiger partial charge is 0.265 e. The fourth-order valence-electron chi connectivity index (χ4n) is 2.47. The maximum absolute atomic E-state index is 12.6. The Hall–Kier alpha value is -1.24. The first kappa shape index (κ1) is 12.8. The van der Waals surface area contributed by atoms with Crippen LogP contribution >= 0.6 is 11.3 Å². The Labute approximate surface area is 116 Å². The molecule has 1 saturated heterocycles. The zero-order valence-electron chi connectivity index (χ0n) is 10.3. The first-order valence-electron chi connectivity index (χ1n) is 6.15. The van der Waals surface area contributed by atoms with Gasteiger partial charge in [0.2, 0.25) is 0 Å². The maximum atomic E-state index is 12.6. The lowest BCUT2D eigenvalue weighted by atomic mass is 10.1. The molecule has 100 valence electrons. The molecule has 3 rings (SSSR count). The smallest absolute Gasteiger partial charge is 0.253 e. The summed E-state index contributed by atoms with van der Waals surface area (Å²) in [6, 6.07) is 7.17. The van der Waals surface area contributed by atoms with Gasteiger partial charge in [0.15, 0.2) is 0 Å². The lowest BCUT2D eigenvalue weighted by Gasteiger charge is -2.23. The average molecular weight is 294 g/mol. The first-order chi connectivity index (χ1) is 9.19. The van der Waals surface area contributed by atoms with Crippen LogP contribution < -0.4 is 0 Å². The van der Waals surface area contributed by atoms with E-state index in [-0.39, 0.29) is 6.04 Å². The van der Waals surface area contributed by atoms with Gasteiger partial charge in [-0.2, -0.15) is 4.31 Å². The molecule has 0 amide bonds. The third-order valence-corrected chi connectivity index (χ3v) is 6.63. The van der Waals surface area contributed by atoms with Gasteiger partial charge in [0.25, 0.3) is 10.0 Å². The molecule has 0 saturated carbocycles. The molecule has 4 nitrogen and oxygen atoms in total. The van der Waals surface area contributed by atoms with Crippen molar-refractivity contribution in [2.45, 2.75) is 23.1 Å². The molecule has 3 heterocycles. The van der Waals surface area contributed by atoms with Crippen molar-refractivity contribution in [3.05, 3.63) is 47.6 Å². The van der Waals surface area contributed by atoms with Crippen LogP contribution in [0.3, 0.4) is 0 Å². The van der Waals surface area contributed by atoms with E-state index < -0.39 is 10.0 Å². The lowest BCUT2D eigenvalue weighted by molar-refractivity contribution is 0.397. The summed E-state index contributed by atoms with van der Waals surface area (Å²) in [7, 11) is -3.36. The van der Waals surface area contributed by atoms with Crippen LogP contribution in [0, 0.1) is 0 Å². The van der Waals surface area contributed by atoms with Crippen molar-refractivity contribution in [3.63, 3.8) is 0 Å². The van der Waals surface area contributed by atoms with E-state index in [9.17, 15) is 8.42 Å². The summed E-state index contributed by atoms with van der Waals surface area (Å²) in [5.74, 6) is 0. The number of nitrogens with zero attached hydrogens (tertiary/aromatic N) is 2. The van der Waals surface area contributed by atoms with Gasteiger partial charge in [0.05, 0.1) is 6.04 Å². The standard InChI is InChI=1S/C13H14N2O2S2/c16-19(17,13-4-2-10-18-13)15-9-1-3-12(15)11-5-7-14-8-6-11/h2,4-8,10,12H,1,3,9H2. The Bertz CT molecular complexity index is 639. The van der Waals surface area contributed by atoms with Gasteiger partial charge in [-0.25, -0.2) is 8.42 Å². The number of thiophene rings is 1. The van der Waals surface area contributed by atoms with Crippen LogP contribution in [0.2, 0.25) is 0 Å². The first-order valence-corrected chi connectivity index (χ1v) is 8.47. The Morgan fingerprint density at radius 3 is 2.74 bits per heavy atom. The second-order valence-electron chi connectivity index (χ2n) is 4.49. The monoisotopic (exact) mass is 294 g/mol. The van der Waals surface area contributed by atoms with Gasteiger partial charge in [-0.15, -0.1) is 11.3 Å². The highest BCUT2D eigenvalue weighted by molar-refractivity contribution is 7.91. The Balaban J connectivity index is 1.97. The molecular weight excluding hydrogens is 280 g/mol. The van der Waals surface area contributed by atoms with E-state index in [1.54, 1.807) is 34.2 Å². The van der Waals surface area contributed by atoms with Gasteiger partial charge >= 0.3 is 0 Å². The van der Waals surface area contributed by atoms with Gasteiger partial charge in [-0.3, -0.25) is 4.98 Å². The number of hydrogen-bond acceptors (Lipinski definition) is 4. The minimum atomic E-state index is -3.36. The topological polar surface area (TPSA) is 50.3 Å². The van der Waals surface area contributed by atoms with E-state index in [2.05, 4.69) is 4.98 Å². The maximum Gasteiger partial charge on any atom is 0.253 e. The Morgan fingerprint density at radius 2 is 2.05 bits per heavy atom. The summed E-state index contributed by atoms with van der Waals surface area (Å²) in [6.07, 6.45) is 5.19. The fraction of sp³-hybridized carbons (Fsp3) is 0.308. The molecule has 2 aromatic heterocycles. The summed E-state index contributed by atoms with van der Waals surface area (Å²) in [5.41, 5.74) is 1.02. The molecule has 0 spiro atoms. The van der Waals surface area contributed by atoms with Crippen molar-refractivity contribution < 1.29 is 8.42 Å². The molecule has 1 unspecified atom stereocenters. The SMILES string of the molecule is O=S(=O)(c1cccs1)N1CCCC1c1ccncc1. The predicted octanol–water partition coefficient (Wildman–Crippen LogP) is 2.67. The molecule has 1 atom stereocenters. The van der Waals surface area contributed by atoms with Crippen molar-refractivity contribution in [1.29, 1.82) is 0 Å². The quantitative estimate of drug-likeness (QED) is 0.874. The summed E-state index contributed by atoms with van der Waals surface area (Å²) >= 11 is 1.27. The number of pyridine rings is 1. The van der Waals surface area contributed by atoms with Crippen molar-refractivity contribution >= 4 is 21.4 Å². The number of rotatable bonds is 3. The molecule has 6 heteroatoms. The minimum absolute atomic E-state index is 0.0601. The molecule has 0 N–H and O–H groups in total. The molecule has 0 radical (unpaired) electrons. The van der Waals surface area contributed by atoms with E-state index in [1.165, 1.54) is 11.3 Å². The van der Waals surface area contributed by atoms with Crippen LogP contribution in [0.25, 0.3) is 0 Å². The summed E-state index contributed by atoms with van der Waals surface area (Å²) in [6.45, 7) is 0.590. The zero-order valence-corrected chi connectivity index (χ0v) is 11.9. The molecule has 1 aliphatic rings. The average Bonchev–Trinajstić information content (AvgIpc) is 3.11. The van der Waals surface area contributed by atoms with Gasteiger partial charge < -0.3 is 0 Å². The van der Waals surface area contributed by atoms with E-state index in [4.69, 9.17) is 0 Å². The molecule has 1 aliphatic heterocycles. The van der Waals surface area contributed by atoms with E-state index in [1.807, 2.05) is 12.1 Å². The molecular formula is C13H14N2O2S2. The van der Waals surface area contributed by atoms with Crippen LogP contribution in [0.15, 0.2) is 46.2 Å². The molecule has 1 fully saturated rings. The second-order valence-corrected chi connectivity index (χ2v) is 7.55. The highest BCUT2D eigenvalue weighted by Crippen LogP contribution is 2.37. The van der Waals surface area contributed by atoms with Gasteiger partial charge in [0, 0.05) is 18.9 Å². The van der Waals surface area contributed by atoms with Crippen LogP contribution in [-0.2, 0) is 10.0 Å². The highest BCUT2D eigenvalue weighted by atomic mass is 32.2. The third kappa shape index (κ3) is 2.31. The predicted molar refractivity (Wildman–Crippen MR) is 74.4 cm³/mol. The van der Waals surface area contributed by atoms with Crippen LogP contribution in [0.5, 0.6) is 0 Å². The second kappa shape index (κ2) is 5.03. The summed E-state index contributed by atoms with van der Waals surface area (Å²) < 4.78 is 27.2. The van der Waals surface area contributed by atoms with E-state index >= 15 is 0 Å². The minimum Gasteiger partial charge on any atom is -0.265 e. The fourth-order valence-corrected chi connectivity index (χ4v) is 5.27. The number of aromatic nitrogens is 1. The Kier molecular flexibility index (Phi) is 3.38. The molecule has 19 heavy (non-hydrogen) atoms. The normalized spacial score (nSPS) is 20.7. The number of hydrogen-bond donors (Lipinski definition) is 0. The highest BCUT2D eigenvalue weighted by Gasteiger charge is 2.36. The van der Waals surface area contributed by atoms with E-state index in [0.717, 1.165) is 18.4 Å². The van der Waals surface area contributed by atoms with Gasteiger partial charge in [-0.05, 0) is 42.0 Å². The van der Waals surface area contributed by atoms with Crippen molar-refractivity contribution in [3.8, 4) is 0 Å². The Morgan fingerprint density at radius 1 is 1.26 bits per heavy atom. The van der Waals surface area contributed by atoms with Gasteiger partial charge in [-0.1, -0.05) is 6.07 Å². The summed E-state index contributed by atoms with van der Waals surface area (Å²) in [5, 5.41) is 1.80. The van der Waals surface area contributed by atoms with Crippen molar-refractivity contribution in [2.75, 3.05) is 6.54 Å².